The van der Waals surface area contributed by atoms with Crippen LogP contribution in [0.25, 0.3) is 0 Å². The highest BCUT2D eigenvalue weighted by Crippen LogP contribution is 2.20. The lowest BCUT2D eigenvalue weighted by molar-refractivity contribution is -0.138. The maximum atomic E-state index is 12.3. The molecule has 1 amide bonds. The lowest BCUT2D eigenvalue weighted by Crippen LogP contribution is -2.47. The minimum atomic E-state index is -0.798. The molecule has 6 nitrogen and oxygen atoms in total. The van der Waals surface area contributed by atoms with Crippen LogP contribution in [0.1, 0.15) is 47.5 Å². The number of rotatable bonds is 5. The molecule has 0 aromatic heterocycles. The van der Waals surface area contributed by atoms with Crippen LogP contribution in [0, 0.1) is 5.92 Å². The van der Waals surface area contributed by atoms with Crippen LogP contribution in [0.4, 0.5) is 4.79 Å². The maximum Gasteiger partial charge on any atom is 0.410 e. The van der Waals surface area contributed by atoms with Crippen molar-refractivity contribution in [1.82, 2.24) is 9.80 Å². The van der Waals surface area contributed by atoms with Gasteiger partial charge in [-0.1, -0.05) is 0 Å². The summed E-state index contributed by atoms with van der Waals surface area (Å²) < 4.78 is 5.47. The molecule has 0 unspecified atom stereocenters. The summed E-state index contributed by atoms with van der Waals surface area (Å²) in [4.78, 5) is 26.9. The Bertz CT molecular complexity index is 390. The van der Waals surface area contributed by atoms with E-state index < -0.39 is 11.6 Å². The van der Waals surface area contributed by atoms with Gasteiger partial charge in [-0.05, 0) is 59.9 Å². The van der Waals surface area contributed by atoms with E-state index in [4.69, 9.17) is 9.84 Å². The summed E-state index contributed by atoms with van der Waals surface area (Å²) >= 11 is 0. The molecule has 1 rings (SSSR count). The van der Waals surface area contributed by atoms with Gasteiger partial charge in [-0.15, -0.1) is 0 Å². The number of hydrogen-bond acceptors (Lipinski definition) is 4. The molecule has 0 bridgehead atoms. The summed E-state index contributed by atoms with van der Waals surface area (Å²) in [6.45, 7) is 11.8. The average Bonchev–Trinajstić information content (AvgIpc) is 2.33. The quantitative estimate of drug-likeness (QED) is 0.844. The zero-order valence-electron chi connectivity index (χ0n) is 14.5. The Morgan fingerprint density at radius 1 is 1.36 bits per heavy atom. The van der Waals surface area contributed by atoms with Crippen LogP contribution < -0.4 is 0 Å². The van der Waals surface area contributed by atoms with Crippen LogP contribution in [0.3, 0.4) is 0 Å². The lowest BCUT2D eigenvalue weighted by Gasteiger charge is -2.37. The van der Waals surface area contributed by atoms with E-state index in [1.165, 1.54) is 0 Å². The summed E-state index contributed by atoms with van der Waals surface area (Å²) in [7, 11) is 0. The van der Waals surface area contributed by atoms with E-state index in [2.05, 4.69) is 0 Å². The third kappa shape index (κ3) is 6.64. The molecular weight excluding hydrogens is 284 g/mol. The molecular formula is C16H30N2O4. The predicted molar refractivity (Wildman–Crippen MR) is 84.9 cm³/mol. The Morgan fingerprint density at radius 3 is 2.50 bits per heavy atom. The minimum absolute atomic E-state index is 0.0599. The number of carbonyl (C=O) groups is 2. The largest absolute Gasteiger partial charge is 0.480 e. The van der Waals surface area contributed by atoms with Gasteiger partial charge in [0.05, 0.1) is 6.54 Å². The molecule has 1 saturated heterocycles. The first-order chi connectivity index (χ1) is 10.1. The van der Waals surface area contributed by atoms with E-state index in [0.29, 0.717) is 12.5 Å². The van der Waals surface area contributed by atoms with Crippen LogP contribution in [0.2, 0.25) is 0 Å². The van der Waals surface area contributed by atoms with E-state index >= 15 is 0 Å². The molecule has 1 fully saturated rings. The molecule has 1 atom stereocenters. The smallest absolute Gasteiger partial charge is 0.410 e. The molecule has 0 spiro atoms. The van der Waals surface area contributed by atoms with Crippen LogP contribution >= 0.6 is 0 Å². The molecule has 1 N–H and O–H groups in total. The van der Waals surface area contributed by atoms with Crippen molar-refractivity contribution in [3.63, 3.8) is 0 Å². The molecule has 6 heteroatoms. The third-order valence-corrected chi connectivity index (χ3v) is 3.67. The average molecular weight is 314 g/mol. The SMILES string of the molecule is CC(C)N(C[C@H]1CCCN(CC(=O)O)C1)C(=O)OC(C)(C)C. The second-order valence-corrected chi connectivity index (χ2v) is 7.36. The van der Waals surface area contributed by atoms with Gasteiger partial charge in [-0.25, -0.2) is 4.79 Å². The third-order valence-electron chi connectivity index (χ3n) is 3.67. The van der Waals surface area contributed by atoms with Gasteiger partial charge in [0.1, 0.15) is 5.60 Å². The highest BCUT2D eigenvalue weighted by molar-refractivity contribution is 5.69. The van der Waals surface area contributed by atoms with Crippen LogP contribution in [0.15, 0.2) is 0 Å². The summed E-state index contributed by atoms with van der Waals surface area (Å²) in [5.41, 5.74) is -0.508. The summed E-state index contributed by atoms with van der Waals surface area (Å²) in [6, 6.07) is 0.0599. The van der Waals surface area contributed by atoms with Gasteiger partial charge >= 0.3 is 12.1 Å². The molecule has 128 valence electrons. The maximum absolute atomic E-state index is 12.3. The fourth-order valence-electron chi connectivity index (χ4n) is 2.73. The standard InChI is InChI=1S/C16H30N2O4/c1-12(2)18(15(21)22-16(3,4)5)10-13-7-6-8-17(9-13)11-14(19)20/h12-13H,6-11H2,1-5H3,(H,19,20)/t13-/m0/s1. The van der Waals surface area contributed by atoms with Crippen molar-refractivity contribution in [2.45, 2.75) is 59.1 Å². The minimum Gasteiger partial charge on any atom is -0.480 e. The Kier molecular flexibility index (Phi) is 6.66. The number of likely N-dealkylation sites (tertiary alicyclic amines) is 1. The van der Waals surface area contributed by atoms with Gasteiger partial charge in [0.25, 0.3) is 0 Å². The van der Waals surface area contributed by atoms with Crippen molar-refractivity contribution in [2.24, 2.45) is 5.92 Å². The van der Waals surface area contributed by atoms with Gasteiger partial charge in [-0.3, -0.25) is 9.69 Å². The number of piperidine rings is 1. The van der Waals surface area contributed by atoms with E-state index in [9.17, 15) is 9.59 Å². The predicted octanol–water partition coefficient (Wildman–Crippen LogP) is 2.43. The van der Waals surface area contributed by atoms with Crippen molar-refractivity contribution < 1.29 is 19.4 Å². The summed E-state index contributed by atoms with van der Waals surface area (Å²) in [5.74, 6) is -0.503. The molecule has 0 aromatic carbocycles. The number of ether oxygens (including phenoxy) is 1. The van der Waals surface area contributed by atoms with Crippen molar-refractivity contribution in [1.29, 1.82) is 0 Å². The van der Waals surface area contributed by atoms with E-state index in [1.807, 2.05) is 39.5 Å². The number of hydrogen-bond donors (Lipinski definition) is 1. The molecule has 1 heterocycles. The molecule has 1 aliphatic rings. The monoisotopic (exact) mass is 314 g/mol. The van der Waals surface area contributed by atoms with Crippen molar-refractivity contribution in [2.75, 3.05) is 26.2 Å². The summed E-state index contributed by atoms with van der Waals surface area (Å²) in [5, 5.41) is 8.91. The lowest BCUT2D eigenvalue weighted by atomic mass is 9.97. The van der Waals surface area contributed by atoms with Gasteiger partial charge in [-0.2, -0.15) is 0 Å². The molecule has 0 radical (unpaired) electrons. The fourth-order valence-corrected chi connectivity index (χ4v) is 2.73. The summed E-state index contributed by atoms with van der Waals surface area (Å²) in [6.07, 6.45) is 1.69. The van der Waals surface area contributed by atoms with E-state index in [-0.39, 0.29) is 18.7 Å². The van der Waals surface area contributed by atoms with Crippen LogP contribution in [0.5, 0.6) is 0 Å². The first-order valence-corrected chi connectivity index (χ1v) is 8.02. The van der Waals surface area contributed by atoms with Gasteiger partial charge in [0, 0.05) is 19.1 Å². The number of carbonyl (C=O) groups excluding carboxylic acids is 1. The number of nitrogens with zero attached hydrogens (tertiary/aromatic N) is 2. The second kappa shape index (κ2) is 7.81. The number of carboxylic acids is 1. The number of amides is 1. The van der Waals surface area contributed by atoms with Crippen LogP contribution in [-0.2, 0) is 9.53 Å². The normalized spacial score (nSPS) is 20.0. The van der Waals surface area contributed by atoms with Crippen molar-refractivity contribution >= 4 is 12.1 Å². The first-order valence-electron chi connectivity index (χ1n) is 8.02. The molecule has 0 aromatic rings. The Morgan fingerprint density at radius 2 is 2.00 bits per heavy atom. The van der Waals surface area contributed by atoms with E-state index in [0.717, 1.165) is 25.9 Å². The van der Waals surface area contributed by atoms with Crippen LogP contribution in [-0.4, -0.2) is 64.8 Å². The number of carboxylic acid groups (broad SMARTS) is 1. The first kappa shape index (κ1) is 18.7. The van der Waals surface area contributed by atoms with Crippen molar-refractivity contribution in [3.8, 4) is 0 Å². The Hall–Kier alpha value is -1.30. The zero-order valence-corrected chi connectivity index (χ0v) is 14.5. The Balaban J connectivity index is 2.62. The highest BCUT2D eigenvalue weighted by atomic mass is 16.6. The fraction of sp³-hybridized carbons (Fsp3) is 0.875. The molecule has 0 saturated carbocycles. The van der Waals surface area contributed by atoms with Gasteiger partial charge < -0.3 is 14.7 Å². The van der Waals surface area contributed by atoms with Crippen molar-refractivity contribution in [3.05, 3.63) is 0 Å². The van der Waals surface area contributed by atoms with Gasteiger partial charge in [0.15, 0.2) is 0 Å². The zero-order chi connectivity index (χ0) is 16.9. The highest BCUT2D eigenvalue weighted by Gasteiger charge is 2.29. The second-order valence-electron chi connectivity index (χ2n) is 7.36. The molecule has 22 heavy (non-hydrogen) atoms. The number of aliphatic carboxylic acids is 1. The molecule has 0 aliphatic carbocycles. The Labute approximate surface area is 133 Å². The van der Waals surface area contributed by atoms with E-state index in [1.54, 1.807) is 4.90 Å². The topological polar surface area (TPSA) is 70.1 Å². The molecule has 1 aliphatic heterocycles. The van der Waals surface area contributed by atoms with Gasteiger partial charge in [0.2, 0.25) is 0 Å².